The summed E-state index contributed by atoms with van der Waals surface area (Å²) < 4.78 is 48.4. The Balaban J connectivity index is 2.65. The summed E-state index contributed by atoms with van der Waals surface area (Å²) in [6, 6.07) is -0.329. The number of sulfonamides is 1. The lowest BCUT2D eigenvalue weighted by molar-refractivity contribution is 0.535. The molecule has 1 aliphatic heterocycles. The lowest BCUT2D eigenvalue weighted by atomic mass is 10.2. The molecule has 0 bridgehead atoms. The van der Waals surface area contributed by atoms with Crippen LogP contribution in [0.25, 0.3) is 0 Å². The van der Waals surface area contributed by atoms with Gasteiger partial charge in [0.25, 0.3) is 0 Å². The van der Waals surface area contributed by atoms with Crippen LogP contribution in [0.4, 0.5) is 0 Å². The Morgan fingerprint density at radius 1 is 1.38 bits per heavy atom. The molecule has 0 aromatic rings. The molecular formula is C8H16ClNO4S2. The van der Waals surface area contributed by atoms with E-state index in [1.165, 1.54) is 0 Å². The summed E-state index contributed by atoms with van der Waals surface area (Å²) in [5, 5.41) is -0.610. The maximum absolute atomic E-state index is 11.8. The van der Waals surface area contributed by atoms with Crippen LogP contribution in [0.5, 0.6) is 0 Å². The molecule has 8 heteroatoms. The molecule has 96 valence electrons. The molecule has 5 nitrogen and oxygen atoms in total. The van der Waals surface area contributed by atoms with E-state index in [9.17, 15) is 16.8 Å². The fourth-order valence-corrected chi connectivity index (χ4v) is 5.24. The highest BCUT2D eigenvalue weighted by Gasteiger charge is 2.33. The Labute approximate surface area is 102 Å². The van der Waals surface area contributed by atoms with Crippen molar-refractivity contribution in [1.29, 1.82) is 0 Å². The topological polar surface area (TPSA) is 80.3 Å². The van der Waals surface area contributed by atoms with Crippen molar-refractivity contribution >= 4 is 31.5 Å². The highest BCUT2D eigenvalue weighted by atomic mass is 35.5. The van der Waals surface area contributed by atoms with Gasteiger partial charge < -0.3 is 0 Å². The average molecular weight is 290 g/mol. The van der Waals surface area contributed by atoms with E-state index in [0.717, 1.165) is 0 Å². The zero-order chi connectivity index (χ0) is 12.4. The molecule has 1 saturated heterocycles. The maximum Gasteiger partial charge on any atom is 0.214 e. The molecule has 1 aliphatic rings. The van der Waals surface area contributed by atoms with E-state index in [-0.39, 0.29) is 36.3 Å². The van der Waals surface area contributed by atoms with Crippen molar-refractivity contribution in [3.05, 3.63) is 0 Å². The largest absolute Gasteiger partial charge is 0.229 e. The Morgan fingerprint density at radius 2 is 1.88 bits per heavy atom. The van der Waals surface area contributed by atoms with E-state index in [0.29, 0.717) is 0 Å². The minimum atomic E-state index is -3.44. The monoisotopic (exact) mass is 289 g/mol. The van der Waals surface area contributed by atoms with Crippen molar-refractivity contribution in [3.63, 3.8) is 0 Å². The molecule has 0 aromatic carbocycles. The first-order valence-electron chi connectivity index (χ1n) is 5.04. The van der Waals surface area contributed by atoms with E-state index < -0.39 is 25.1 Å². The number of alkyl halides is 1. The minimum Gasteiger partial charge on any atom is -0.229 e. The van der Waals surface area contributed by atoms with Crippen LogP contribution in [-0.2, 0) is 19.9 Å². The number of nitrogens with one attached hydrogen (secondary N) is 1. The van der Waals surface area contributed by atoms with Crippen LogP contribution in [0, 0.1) is 0 Å². The van der Waals surface area contributed by atoms with Gasteiger partial charge in [0.1, 0.15) is 9.84 Å². The van der Waals surface area contributed by atoms with Gasteiger partial charge in [-0.05, 0) is 19.8 Å². The van der Waals surface area contributed by atoms with Crippen molar-refractivity contribution < 1.29 is 16.8 Å². The van der Waals surface area contributed by atoms with Crippen LogP contribution >= 0.6 is 11.6 Å². The molecule has 1 atom stereocenters. The molecule has 0 saturated carbocycles. The van der Waals surface area contributed by atoms with Crippen LogP contribution in [-0.4, -0.2) is 45.5 Å². The number of rotatable bonds is 4. The van der Waals surface area contributed by atoms with Gasteiger partial charge in [0.15, 0.2) is 0 Å². The molecule has 1 fully saturated rings. The Kier molecular flexibility index (Phi) is 4.62. The SMILES string of the molecule is CC(CCl)NS(=O)(=O)C1CCS(=O)(=O)CC1. The maximum atomic E-state index is 11.8. The fourth-order valence-electron chi connectivity index (χ4n) is 1.59. The fraction of sp³-hybridized carbons (Fsp3) is 1.00. The quantitative estimate of drug-likeness (QED) is 0.745. The van der Waals surface area contributed by atoms with Crippen LogP contribution in [0.2, 0.25) is 0 Å². The van der Waals surface area contributed by atoms with Crippen LogP contribution in [0.3, 0.4) is 0 Å². The molecule has 0 spiro atoms. The number of halogens is 1. The van der Waals surface area contributed by atoms with E-state index in [1.807, 2.05) is 0 Å². The van der Waals surface area contributed by atoms with Gasteiger partial charge in [0.05, 0.1) is 16.8 Å². The van der Waals surface area contributed by atoms with Gasteiger partial charge in [-0.1, -0.05) is 0 Å². The van der Waals surface area contributed by atoms with Crippen LogP contribution in [0.15, 0.2) is 0 Å². The predicted molar refractivity (Wildman–Crippen MR) is 63.9 cm³/mol. The van der Waals surface area contributed by atoms with E-state index >= 15 is 0 Å². The molecule has 1 rings (SSSR count). The smallest absolute Gasteiger partial charge is 0.214 e. The molecule has 0 aromatic heterocycles. The van der Waals surface area contributed by atoms with Crippen molar-refractivity contribution in [2.75, 3.05) is 17.4 Å². The summed E-state index contributed by atoms with van der Waals surface area (Å²) in [7, 11) is -6.47. The molecule has 1 heterocycles. The Hall–Kier alpha value is 0.150. The van der Waals surface area contributed by atoms with E-state index in [4.69, 9.17) is 11.6 Å². The first kappa shape index (κ1) is 14.2. The van der Waals surface area contributed by atoms with Crippen molar-refractivity contribution in [2.24, 2.45) is 0 Å². The third kappa shape index (κ3) is 3.87. The van der Waals surface area contributed by atoms with Gasteiger partial charge in [-0.15, -0.1) is 11.6 Å². The lowest BCUT2D eigenvalue weighted by Crippen LogP contribution is -2.43. The zero-order valence-corrected chi connectivity index (χ0v) is 11.4. The van der Waals surface area contributed by atoms with Crippen molar-refractivity contribution in [3.8, 4) is 0 Å². The number of hydrogen-bond donors (Lipinski definition) is 1. The van der Waals surface area contributed by atoms with Gasteiger partial charge in [0, 0.05) is 11.9 Å². The highest BCUT2D eigenvalue weighted by molar-refractivity contribution is 7.92. The number of hydrogen-bond acceptors (Lipinski definition) is 4. The normalized spacial score (nSPS) is 24.1. The van der Waals surface area contributed by atoms with E-state index in [1.54, 1.807) is 6.92 Å². The second-order valence-corrected chi connectivity index (χ2v) is 8.67. The molecule has 0 radical (unpaired) electrons. The summed E-state index contributed by atoms with van der Waals surface area (Å²) in [6.07, 6.45) is 0.347. The van der Waals surface area contributed by atoms with Gasteiger partial charge >= 0.3 is 0 Å². The molecule has 1 unspecified atom stereocenters. The summed E-state index contributed by atoms with van der Waals surface area (Å²) in [5.41, 5.74) is 0. The molecule has 16 heavy (non-hydrogen) atoms. The first-order chi connectivity index (χ1) is 7.27. The Bertz CT molecular complexity index is 417. The first-order valence-corrected chi connectivity index (χ1v) is 8.94. The van der Waals surface area contributed by atoms with Gasteiger partial charge in [-0.3, -0.25) is 0 Å². The Morgan fingerprint density at radius 3 is 2.31 bits per heavy atom. The summed E-state index contributed by atoms with van der Waals surface area (Å²) in [5.74, 6) is 0.103. The molecule has 0 amide bonds. The number of sulfone groups is 1. The standard InChI is InChI=1S/C8H16ClNO4S2/c1-7(6-9)10-16(13,14)8-2-4-15(11,12)5-3-8/h7-8,10H,2-6H2,1H3. The van der Waals surface area contributed by atoms with Crippen LogP contribution in [0.1, 0.15) is 19.8 Å². The summed E-state index contributed by atoms with van der Waals surface area (Å²) in [6.45, 7) is 1.67. The van der Waals surface area contributed by atoms with Crippen molar-refractivity contribution in [2.45, 2.75) is 31.1 Å². The summed E-state index contributed by atoms with van der Waals surface area (Å²) >= 11 is 5.52. The second-order valence-electron chi connectivity index (χ2n) is 4.07. The second kappa shape index (κ2) is 5.20. The molecule has 0 aliphatic carbocycles. The third-order valence-electron chi connectivity index (χ3n) is 2.54. The molecular weight excluding hydrogens is 274 g/mol. The van der Waals surface area contributed by atoms with Crippen molar-refractivity contribution in [1.82, 2.24) is 4.72 Å². The van der Waals surface area contributed by atoms with Gasteiger partial charge in [-0.2, -0.15) is 0 Å². The van der Waals surface area contributed by atoms with Crippen LogP contribution < -0.4 is 4.72 Å². The van der Waals surface area contributed by atoms with E-state index in [2.05, 4.69) is 4.72 Å². The lowest BCUT2D eigenvalue weighted by Gasteiger charge is -2.23. The molecule has 1 N–H and O–H groups in total. The van der Waals surface area contributed by atoms with Gasteiger partial charge in [-0.25, -0.2) is 21.6 Å². The highest BCUT2D eigenvalue weighted by Crippen LogP contribution is 2.18. The van der Waals surface area contributed by atoms with Gasteiger partial charge in [0.2, 0.25) is 10.0 Å². The zero-order valence-electron chi connectivity index (χ0n) is 9.02. The predicted octanol–water partition coefficient (Wildman–Crippen LogP) is 0.110. The third-order valence-corrected chi connectivity index (χ3v) is 6.80. The average Bonchev–Trinajstić information content (AvgIpc) is 2.16. The minimum absolute atomic E-state index is 0.0478. The summed E-state index contributed by atoms with van der Waals surface area (Å²) in [4.78, 5) is 0.